The van der Waals surface area contributed by atoms with Gasteiger partial charge in [0.15, 0.2) is 0 Å². The highest BCUT2D eigenvalue weighted by Crippen LogP contribution is 2.34. The standard InChI is InChI=1S/C13H17NO3S/c1-3-13(12(16)17)5-4-6-14(13)11(15)10-8-18-7-9(10)2/h7-8H,3-6H2,1-2H3,(H,16,17). The fourth-order valence-corrected chi connectivity index (χ4v) is 3.46. The predicted molar refractivity (Wildman–Crippen MR) is 70.0 cm³/mol. The molecule has 2 rings (SSSR count). The molecule has 1 saturated heterocycles. The van der Waals surface area contributed by atoms with Crippen LogP contribution in [0.1, 0.15) is 42.1 Å². The summed E-state index contributed by atoms with van der Waals surface area (Å²) < 4.78 is 0. The number of likely N-dealkylation sites (tertiary alicyclic amines) is 1. The Bertz CT molecular complexity index is 482. The summed E-state index contributed by atoms with van der Waals surface area (Å²) in [6.07, 6.45) is 1.76. The van der Waals surface area contributed by atoms with E-state index >= 15 is 0 Å². The Kier molecular flexibility index (Phi) is 3.43. The molecule has 1 aromatic heterocycles. The number of aliphatic carboxylic acids is 1. The third-order valence-corrected chi connectivity index (χ3v) is 4.66. The second kappa shape index (κ2) is 4.72. The lowest BCUT2D eigenvalue weighted by Gasteiger charge is -2.33. The second-order valence-electron chi connectivity index (χ2n) is 4.72. The van der Waals surface area contributed by atoms with Crippen LogP contribution in [0, 0.1) is 6.92 Å². The van der Waals surface area contributed by atoms with E-state index < -0.39 is 11.5 Å². The molecule has 1 unspecified atom stereocenters. The predicted octanol–water partition coefficient (Wildman–Crippen LogP) is 2.53. The lowest BCUT2D eigenvalue weighted by atomic mass is 9.92. The average Bonchev–Trinajstić information content (AvgIpc) is 2.94. The molecular weight excluding hydrogens is 250 g/mol. The lowest BCUT2D eigenvalue weighted by molar-refractivity contribution is -0.148. The van der Waals surface area contributed by atoms with E-state index in [1.165, 1.54) is 11.3 Å². The van der Waals surface area contributed by atoms with Crippen molar-refractivity contribution in [3.63, 3.8) is 0 Å². The van der Waals surface area contributed by atoms with Crippen LogP contribution in [0.15, 0.2) is 10.8 Å². The Hall–Kier alpha value is -1.36. The molecule has 1 aliphatic rings. The van der Waals surface area contributed by atoms with Crippen LogP contribution in [-0.2, 0) is 4.79 Å². The van der Waals surface area contributed by atoms with Gasteiger partial charge in [0.1, 0.15) is 5.54 Å². The number of carboxylic acids is 1. The van der Waals surface area contributed by atoms with Crippen LogP contribution in [0.4, 0.5) is 0 Å². The molecule has 0 radical (unpaired) electrons. The summed E-state index contributed by atoms with van der Waals surface area (Å²) in [4.78, 5) is 25.6. The number of amides is 1. The Labute approximate surface area is 110 Å². The number of thiophene rings is 1. The van der Waals surface area contributed by atoms with Gasteiger partial charge >= 0.3 is 5.97 Å². The first-order valence-electron chi connectivity index (χ1n) is 6.11. The van der Waals surface area contributed by atoms with E-state index in [9.17, 15) is 14.7 Å². The van der Waals surface area contributed by atoms with Crippen molar-refractivity contribution in [3.05, 3.63) is 21.9 Å². The summed E-state index contributed by atoms with van der Waals surface area (Å²) in [6.45, 7) is 4.25. The van der Waals surface area contributed by atoms with Gasteiger partial charge in [-0.1, -0.05) is 6.92 Å². The number of hydrogen-bond donors (Lipinski definition) is 1. The number of carboxylic acid groups (broad SMARTS) is 1. The van der Waals surface area contributed by atoms with Crippen molar-refractivity contribution >= 4 is 23.2 Å². The minimum atomic E-state index is -1.01. The molecule has 2 heterocycles. The number of carbonyl (C=O) groups is 2. The van der Waals surface area contributed by atoms with Gasteiger partial charge in [-0.15, -0.1) is 0 Å². The maximum Gasteiger partial charge on any atom is 0.329 e. The van der Waals surface area contributed by atoms with Crippen LogP contribution in [0.3, 0.4) is 0 Å². The largest absolute Gasteiger partial charge is 0.479 e. The van der Waals surface area contributed by atoms with E-state index in [0.29, 0.717) is 24.9 Å². The summed E-state index contributed by atoms with van der Waals surface area (Å²) in [5, 5.41) is 13.2. The monoisotopic (exact) mass is 267 g/mol. The molecule has 0 aliphatic carbocycles. The van der Waals surface area contributed by atoms with Gasteiger partial charge in [-0.2, -0.15) is 11.3 Å². The van der Waals surface area contributed by atoms with Gasteiger partial charge in [0.25, 0.3) is 5.91 Å². The summed E-state index contributed by atoms with van der Waals surface area (Å²) >= 11 is 1.47. The summed E-state index contributed by atoms with van der Waals surface area (Å²) in [6, 6.07) is 0. The zero-order valence-corrected chi connectivity index (χ0v) is 11.4. The zero-order valence-electron chi connectivity index (χ0n) is 10.6. The molecule has 1 atom stereocenters. The van der Waals surface area contributed by atoms with Crippen LogP contribution >= 0.6 is 11.3 Å². The first kappa shape index (κ1) is 13.1. The van der Waals surface area contributed by atoms with E-state index in [4.69, 9.17) is 0 Å². The molecule has 1 aromatic rings. The van der Waals surface area contributed by atoms with E-state index in [1.54, 1.807) is 10.3 Å². The van der Waals surface area contributed by atoms with Gasteiger partial charge in [-0.25, -0.2) is 4.79 Å². The molecule has 18 heavy (non-hydrogen) atoms. The molecule has 1 amide bonds. The van der Waals surface area contributed by atoms with Crippen LogP contribution < -0.4 is 0 Å². The lowest BCUT2D eigenvalue weighted by Crippen LogP contribution is -2.52. The first-order chi connectivity index (χ1) is 8.53. The molecule has 1 aliphatic heterocycles. The molecule has 1 fully saturated rings. The number of carbonyl (C=O) groups excluding carboxylic acids is 1. The Morgan fingerprint density at radius 1 is 1.50 bits per heavy atom. The molecule has 4 nitrogen and oxygen atoms in total. The second-order valence-corrected chi connectivity index (χ2v) is 5.46. The van der Waals surface area contributed by atoms with E-state index in [0.717, 1.165) is 12.0 Å². The fourth-order valence-electron chi connectivity index (χ4n) is 2.64. The molecule has 5 heteroatoms. The van der Waals surface area contributed by atoms with Gasteiger partial charge < -0.3 is 10.0 Å². The maximum atomic E-state index is 12.5. The number of hydrogen-bond acceptors (Lipinski definition) is 3. The van der Waals surface area contributed by atoms with Crippen molar-refractivity contribution in [1.29, 1.82) is 0 Å². The van der Waals surface area contributed by atoms with Crippen LogP contribution in [0.25, 0.3) is 0 Å². The first-order valence-corrected chi connectivity index (χ1v) is 7.05. The van der Waals surface area contributed by atoms with Gasteiger partial charge in [0, 0.05) is 11.9 Å². The van der Waals surface area contributed by atoms with Crippen LogP contribution in [0.2, 0.25) is 0 Å². The topological polar surface area (TPSA) is 57.6 Å². The molecule has 0 aromatic carbocycles. The molecule has 0 spiro atoms. The van der Waals surface area contributed by atoms with Gasteiger partial charge in [0.2, 0.25) is 0 Å². The Morgan fingerprint density at radius 2 is 2.22 bits per heavy atom. The SMILES string of the molecule is CCC1(C(=O)O)CCCN1C(=O)c1cscc1C. The maximum absolute atomic E-state index is 12.5. The molecule has 1 N–H and O–H groups in total. The molecule has 0 bridgehead atoms. The summed E-state index contributed by atoms with van der Waals surface area (Å²) in [5.74, 6) is -1.03. The zero-order chi connectivity index (χ0) is 13.3. The van der Waals surface area contributed by atoms with E-state index in [1.807, 2.05) is 19.2 Å². The number of rotatable bonds is 3. The van der Waals surface area contributed by atoms with Gasteiger partial charge in [-0.05, 0) is 37.1 Å². The molecule has 0 saturated carbocycles. The highest BCUT2D eigenvalue weighted by molar-refractivity contribution is 7.08. The van der Waals surface area contributed by atoms with E-state index in [2.05, 4.69) is 0 Å². The van der Waals surface area contributed by atoms with Crippen molar-refractivity contribution < 1.29 is 14.7 Å². The van der Waals surface area contributed by atoms with Crippen molar-refractivity contribution in [3.8, 4) is 0 Å². The summed E-state index contributed by atoms with van der Waals surface area (Å²) in [5.41, 5.74) is 0.555. The smallest absolute Gasteiger partial charge is 0.329 e. The normalized spacial score (nSPS) is 23.3. The fraction of sp³-hybridized carbons (Fsp3) is 0.538. The highest BCUT2D eigenvalue weighted by atomic mass is 32.1. The van der Waals surface area contributed by atoms with Crippen molar-refractivity contribution in [2.75, 3.05) is 6.54 Å². The van der Waals surface area contributed by atoms with Crippen molar-refractivity contribution in [1.82, 2.24) is 4.90 Å². The Morgan fingerprint density at radius 3 is 2.72 bits per heavy atom. The minimum absolute atomic E-state index is 0.143. The highest BCUT2D eigenvalue weighted by Gasteiger charge is 2.48. The third kappa shape index (κ3) is 1.82. The van der Waals surface area contributed by atoms with Crippen LogP contribution in [0.5, 0.6) is 0 Å². The molecular formula is C13H17NO3S. The van der Waals surface area contributed by atoms with E-state index in [-0.39, 0.29) is 5.91 Å². The minimum Gasteiger partial charge on any atom is -0.479 e. The van der Waals surface area contributed by atoms with Gasteiger partial charge in [0.05, 0.1) is 5.56 Å². The number of nitrogens with zero attached hydrogens (tertiary/aromatic N) is 1. The molecule has 98 valence electrons. The van der Waals surface area contributed by atoms with Gasteiger partial charge in [-0.3, -0.25) is 4.79 Å². The Balaban J connectivity index is 2.35. The summed E-state index contributed by atoms with van der Waals surface area (Å²) in [7, 11) is 0. The number of aryl methyl sites for hydroxylation is 1. The quantitative estimate of drug-likeness (QED) is 0.915. The van der Waals surface area contributed by atoms with Crippen molar-refractivity contribution in [2.24, 2.45) is 0 Å². The van der Waals surface area contributed by atoms with Crippen molar-refractivity contribution in [2.45, 2.75) is 38.6 Å². The average molecular weight is 267 g/mol. The third-order valence-electron chi connectivity index (χ3n) is 3.80. The van der Waals surface area contributed by atoms with Crippen LogP contribution in [-0.4, -0.2) is 34.0 Å².